The minimum atomic E-state index is -4.49. The van der Waals surface area contributed by atoms with Gasteiger partial charge in [-0.1, -0.05) is 18.2 Å². The van der Waals surface area contributed by atoms with E-state index in [2.05, 4.69) is 0 Å². The van der Waals surface area contributed by atoms with Gasteiger partial charge in [0.2, 0.25) is 0 Å². The highest BCUT2D eigenvalue weighted by molar-refractivity contribution is 7.98. The second kappa shape index (κ2) is 7.49. The Labute approximate surface area is 176 Å². The number of amides is 2. The number of hydrogen-bond donors (Lipinski definition) is 0. The first kappa shape index (κ1) is 21.0. The molecule has 0 aliphatic carbocycles. The van der Waals surface area contributed by atoms with Gasteiger partial charge in [0.05, 0.1) is 29.2 Å². The van der Waals surface area contributed by atoms with Crippen molar-refractivity contribution < 1.29 is 26.4 Å². The topological polar surface area (TPSA) is 57.7 Å². The molecule has 0 aromatic heterocycles. The quantitative estimate of drug-likeness (QED) is 0.515. The van der Waals surface area contributed by atoms with Crippen LogP contribution in [0.4, 0.5) is 23.7 Å². The molecule has 160 valence electrons. The van der Waals surface area contributed by atoms with Crippen molar-refractivity contribution in [2.24, 2.45) is 0 Å². The van der Waals surface area contributed by atoms with Gasteiger partial charge in [-0.2, -0.15) is 13.2 Å². The Kier molecular flexibility index (Phi) is 5.26. The number of fused-ring (bicyclic) bond motifs is 1. The lowest BCUT2D eigenvalue weighted by atomic mass is 10.1. The van der Waals surface area contributed by atoms with E-state index in [1.54, 1.807) is 12.1 Å². The molecule has 2 heterocycles. The molecular weight excluding hydrogens is 437 g/mol. The zero-order valence-corrected chi connectivity index (χ0v) is 17.6. The van der Waals surface area contributed by atoms with Crippen LogP contribution in [0.25, 0.3) is 0 Å². The van der Waals surface area contributed by atoms with E-state index in [9.17, 15) is 26.4 Å². The van der Waals surface area contributed by atoms with Crippen LogP contribution in [0, 0.1) is 0 Å². The van der Waals surface area contributed by atoms with Crippen LogP contribution < -0.4 is 4.90 Å². The van der Waals surface area contributed by atoms with Gasteiger partial charge in [-0.05, 0) is 42.2 Å². The van der Waals surface area contributed by atoms with Crippen LogP contribution in [0.1, 0.15) is 11.1 Å². The molecule has 2 aliphatic rings. The van der Waals surface area contributed by atoms with Crippen LogP contribution in [0.15, 0.2) is 53.4 Å². The Morgan fingerprint density at radius 1 is 1.07 bits per heavy atom. The number of halogens is 3. The summed E-state index contributed by atoms with van der Waals surface area (Å²) in [4.78, 5) is 17.0. The van der Waals surface area contributed by atoms with Gasteiger partial charge in [-0.15, -0.1) is 11.8 Å². The molecule has 4 rings (SSSR count). The summed E-state index contributed by atoms with van der Waals surface area (Å²) in [7, 11) is -3.36. The highest BCUT2D eigenvalue weighted by atomic mass is 32.2. The van der Waals surface area contributed by atoms with E-state index in [0.717, 1.165) is 17.0 Å². The van der Waals surface area contributed by atoms with Crippen LogP contribution in [0.5, 0.6) is 0 Å². The van der Waals surface area contributed by atoms with Crippen molar-refractivity contribution in [2.45, 2.75) is 29.7 Å². The largest absolute Gasteiger partial charge is 0.416 e. The third-order valence-electron chi connectivity index (χ3n) is 5.42. The van der Waals surface area contributed by atoms with Crippen molar-refractivity contribution >= 4 is 33.3 Å². The average molecular weight is 457 g/mol. The van der Waals surface area contributed by atoms with Gasteiger partial charge in [0.25, 0.3) is 0 Å². The van der Waals surface area contributed by atoms with Gasteiger partial charge in [0.1, 0.15) is 0 Å². The average Bonchev–Trinajstić information content (AvgIpc) is 3.11. The van der Waals surface area contributed by atoms with E-state index in [1.807, 2.05) is 18.4 Å². The second-order valence-corrected chi connectivity index (χ2v) is 10.4. The molecular formula is C20H19F3N2O3S2. The van der Waals surface area contributed by atoms with Gasteiger partial charge < -0.3 is 4.90 Å². The molecule has 2 amide bonds. The zero-order chi connectivity index (χ0) is 21.7. The summed E-state index contributed by atoms with van der Waals surface area (Å²) < 4.78 is 63.8. The van der Waals surface area contributed by atoms with Gasteiger partial charge in [0.15, 0.2) is 9.84 Å². The van der Waals surface area contributed by atoms with Crippen molar-refractivity contribution in [2.75, 3.05) is 22.7 Å². The standard InChI is InChI=1S/C20H19F3N2O3S2/c1-29-16-7-3-6-15(9-16)25-18-12-30(27,28)11-17(18)24(19(25)26)10-13-4-2-5-14(8-13)20(21,22)23/h2-9,17-18H,10-12H2,1H3/t17-,18+/m0/s1. The third-order valence-corrected chi connectivity index (χ3v) is 7.84. The fraction of sp³-hybridized carbons (Fsp3) is 0.350. The molecule has 5 nitrogen and oxygen atoms in total. The Morgan fingerprint density at radius 2 is 1.77 bits per heavy atom. The maximum atomic E-state index is 13.2. The zero-order valence-electron chi connectivity index (χ0n) is 16.0. The number of hydrogen-bond acceptors (Lipinski definition) is 4. The number of benzene rings is 2. The van der Waals surface area contributed by atoms with Crippen molar-refractivity contribution in [1.29, 1.82) is 0 Å². The molecule has 10 heteroatoms. The van der Waals surface area contributed by atoms with E-state index in [4.69, 9.17) is 0 Å². The summed E-state index contributed by atoms with van der Waals surface area (Å²) in [6.07, 6.45) is -2.59. The molecule has 0 spiro atoms. The maximum Gasteiger partial charge on any atom is 0.416 e. The lowest BCUT2D eigenvalue weighted by Gasteiger charge is -2.23. The van der Waals surface area contributed by atoms with E-state index < -0.39 is 39.7 Å². The summed E-state index contributed by atoms with van der Waals surface area (Å²) in [5.41, 5.74) is 0.0956. The summed E-state index contributed by atoms with van der Waals surface area (Å²) in [6.45, 7) is -0.0852. The molecule has 2 aromatic rings. The third kappa shape index (κ3) is 3.90. The number of alkyl halides is 3. The predicted molar refractivity (Wildman–Crippen MR) is 109 cm³/mol. The monoisotopic (exact) mass is 456 g/mol. The van der Waals surface area contributed by atoms with E-state index >= 15 is 0 Å². The van der Waals surface area contributed by atoms with E-state index in [0.29, 0.717) is 11.3 Å². The first-order valence-corrected chi connectivity index (χ1v) is 12.2. The van der Waals surface area contributed by atoms with Crippen LogP contribution in [-0.4, -0.2) is 49.2 Å². The Hall–Kier alpha value is -2.20. The number of thioether (sulfide) groups is 1. The van der Waals surface area contributed by atoms with Gasteiger partial charge in [0, 0.05) is 17.1 Å². The van der Waals surface area contributed by atoms with Crippen LogP contribution in [0.3, 0.4) is 0 Å². The number of sulfone groups is 1. The summed E-state index contributed by atoms with van der Waals surface area (Å²) >= 11 is 1.50. The first-order valence-electron chi connectivity index (χ1n) is 9.19. The van der Waals surface area contributed by atoms with Crippen molar-refractivity contribution in [1.82, 2.24) is 4.90 Å². The fourth-order valence-electron chi connectivity index (χ4n) is 4.07. The number of rotatable bonds is 4. The summed E-state index contributed by atoms with van der Waals surface area (Å²) in [6, 6.07) is 10.5. The van der Waals surface area contributed by atoms with Crippen LogP contribution >= 0.6 is 11.8 Å². The minimum absolute atomic E-state index is 0.0852. The molecule has 2 aliphatic heterocycles. The molecule has 0 unspecified atom stereocenters. The van der Waals surface area contributed by atoms with Crippen molar-refractivity contribution in [3.63, 3.8) is 0 Å². The first-order chi connectivity index (χ1) is 14.1. The molecule has 0 bridgehead atoms. The maximum absolute atomic E-state index is 13.2. The number of carbonyl (C=O) groups excluding carboxylic acids is 1. The highest BCUT2D eigenvalue weighted by Crippen LogP contribution is 2.37. The molecule has 0 saturated carbocycles. The highest BCUT2D eigenvalue weighted by Gasteiger charge is 2.53. The van der Waals surface area contributed by atoms with Crippen LogP contribution in [0.2, 0.25) is 0 Å². The number of urea groups is 1. The van der Waals surface area contributed by atoms with E-state index in [1.165, 1.54) is 33.7 Å². The molecule has 2 saturated heterocycles. The normalized spacial score (nSPS) is 23.1. The lowest BCUT2D eigenvalue weighted by molar-refractivity contribution is -0.137. The minimum Gasteiger partial charge on any atom is -0.314 e. The molecule has 30 heavy (non-hydrogen) atoms. The molecule has 2 fully saturated rings. The fourth-order valence-corrected chi connectivity index (χ4v) is 6.47. The molecule has 0 N–H and O–H groups in total. The van der Waals surface area contributed by atoms with Crippen molar-refractivity contribution in [3.8, 4) is 0 Å². The lowest BCUT2D eigenvalue weighted by Crippen LogP contribution is -2.37. The second-order valence-electron chi connectivity index (χ2n) is 7.39. The van der Waals surface area contributed by atoms with Crippen molar-refractivity contribution in [3.05, 3.63) is 59.7 Å². The Bertz CT molecular complexity index is 1090. The smallest absolute Gasteiger partial charge is 0.314 e. The number of anilines is 1. The Morgan fingerprint density at radius 3 is 2.47 bits per heavy atom. The van der Waals surface area contributed by atoms with Crippen LogP contribution in [-0.2, 0) is 22.6 Å². The van der Waals surface area contributed by atoms with Gasteiger partial charge >= 0.3 is 12.2 Å². The molecule has 2 atom stereocenters. The molecule has 0 radical (unpaired) electrons. The summed E-state index contributed by atoms with van der Waals surface area (Å²) in [5.74, 6) is -0.354. The summed E-state index contributed by atoms with van der Waals surface area (Å²) in [5, 5.41) is 0. The Balaban J connectivity index is 1.69. The van der Waals surface area contributed by atoms with E-state index in [-0.39, 0.29) is 18.1 Å². The molecule has 2 aromatic carbocycles. The van der Waals surface area contributed by atoms with Gasteiger partial charge in [-0.25, -0.2) is 13.2 Å². The number of carbonyl (C=O) groups is 1. The SMILES string of the molecule is CSc1cccc(N2C(=O)N(Cc3cccc(C(F)(F)F)c3)[C@H]3CS(=O)(=O)C[C@H]32)c1. The predicted octanol–water partition coefficient (Wildman–Crippen LogP) is 4.04. The van der Waals surface area contributed by atoms with Gasteiger partial charge in [-0.3, -0.25) is 4.90 Å². The number of nitrogens with zero attached hydrogens (tertiary/aromatic N) is 2.